The molecule has 1 atom stereocenters. The zero-order valence-corrected chi connectivity index (χ0v) is 13.2. The number of hydrogen-bond donors (Lipinski definition) is 0. The SMILES string of the molecule is CCc1noc(C)c1C(=O)N1CCCC[C@H]1c1nccs1. The summed E-state index contributed by atoms with van der Waals surface area (Å²) in [4.78, 5) is 19.3. The fourth-order valence-corrected chi connectivity index (χ4v) is 3.69. The number of nitrogens with zero attached hydrogens (tertiary/aromatic N) is 3. The number of aryl methyl sites for hydroxylation is 2. The van der Waals surface area contributed by atoms with E-state index in [1.54, 1.807) is 17.5 Å². The van der Waals surface area contributed by atoms with Crippen molar-refractivity contribution in [3.05, 3.63) is 33.6 Å². The van der Waals surface area contributed by atoms with E-state index in [1.165, 1.54) is 0 Å². The van der Waals surface area contributed by atoms with E-state index in [0.29, 0.717) is 17.7 Å². The summed E-state index contributed by atoms with van der Waals surface area (Å²) in [5, 5.41) is 6.99. The number of rotatable bonds is 3. The maximum Gasteiger partial charge on any atom is 0.259 e. The number of piperidine rings is 1. The Hall–Kier alpha value is -1.69. The summed E-state index contributed by atoms with van der Waals surface area (Å²) in [5.74, 6) is 0.644. The summed E-state index contributed by atoms with van der Waals surface area (Å²) in [7, 11) is 0. The van der Waals surface area contributed by atoms with Crippen molar-refractivity contribution < 1.29 is 9.32 Å². The topological polar surface area (TPSA) is 59.2 Å². The summed E-state index contributed by atoms with van der Waals surface area (Å²) in [6.07, 6.45) is 5.66. The third-order valence-electron chi connectivity index (χ3n) is 3.98. The van der Waals surface area contributed by atoms with Gasteiger partial charge in [0.05, 0.1) is 11.7 Å². The molecule has 1 aliphatic heterocycles. The van der Waals surface area contributed by atoms with Crippen LogP contribution in [0.3, 0.4) is 0 Å². The minimum atomic E-state index is 0.0329. The number of hydrogen-bond acceptors (Lipinski definition) is 5. The van der Waals surface area contributed by atoms with E-state index >= 15 is 0 Å². The van der Waals surface area contributed by atoms with Gasteiger partial charge in [0.1, 0.15) is 16.3 Å². The summed E-state index contributed by atoms with van der Waals surface area (Å²) in [6, 6.07) is 0.0882. The van der Waals surface area contributed by atoms with Crippen LogP contribution in [0.2, 0.25) is 0 Å². The number of carbonyl (C=O) groups is 1. The Bertz CT molecular complexity index is 621. The van der Waals surface area contributed by atoms with Crippen molar-refractivity contribution in [1.29, 1.82) is 0 Å². The van der Waals surface area contributed by atoms with Crippen molar-refractivity contribution in [2.75, 3.05) is 6.54 Å². The maximum absolute atomic E-state index is 13.0. The Balaban J connectivity index is 1.93. The average Bonchev–Trinajstić information content (AvgIpc) is 3.16. The van der Waals surface area contributed by atoms with Gasteiger partial charge in [-0.25, -0.2) is 4.98 Å². The fraction of sp³-hybridized carbons (Fsp3) is 0.533. The van der Waals surface area contributed by atoms with Gasteiger partial charge < -0.3 is 9.42 Å². The van der Waals surface area contributed by atoms with Crippen LogP contribution in [0.25, 0.3) is 0 Å². The standard InChI is InChI=1S/C15H19N3O2S/c1-3-11-13(10(2)20-17-11)15(19)18-8-5-4-6-12(18)14-16-7-9-21-14/h7,9,12H,3-6,8H2,1-2H3/t12-/m0/s1. The summed E-state index contributed by atoms with van der Waals surface area (Å²) >= 11 is 1.62. The van der Waals surface area contributed by atoms with Gasteiger partial charge in [-0.2, -0.15) is 0 Å². The lowest BCUT2D eigenvalue weighted by molar-refractivity contribution is 0.0608. The van der Waals surface area contributed by atoms with Gasteiger partial charge in [-0.15, -0.1) is 11.3 Å². The molecule has 1 fully saturated rings. The molecule has 0 bridgehead atoms. The van der Waals surface area contributed by atoms with Crippen LogP contribution < -0.4 is 0 Å². The molecule has 112 valence electrons. The summed E-state index contributed by atoms with van der Waals surface area (Å²) in [5.41, 5.74) is 1.39. The van der Waals surface area contributed by atoms with Crippen LogP contribution in [0, 0.1) is 6.92 Å². The molecule has 1 aliphatic rings. The highest BCUT2D eigenvalue weighted by Crippen LogP contribution is 2.34. The number of thiazole rings is 1. The van der Waals surface area contributed by atoms with Crippen molar-refractivity contribution in [2.45, 2.75) is 45.6 Å². The van der Waals surface area contributed by atoms with Crippen LogP contribution in [0.1, 0.15) is 59.0 Å². The van der Waals surface area contributed by atoms with Crippen molar-refractivity contribution >= 4 is 17.2 Å². The van der Waals surface area contributed by atoms with E-state index in [4.69, 9.17) is 4.52 Å². The molecule has 0 spiro atoms. The summed E-state index contributed by atoms with van der Waals surface area (Å²) < 4.78 is 5.21. The van der Waals surface area contributed by atoms with E-state index in [9.17, 15) is 4.79 Å². The van der Waals surface area contributed by atoms with Gasteiger partial charge >= 0.3 is 0 Å². The third kappa shape index (κ3) is 2.60. The molecule has 6 heteroatoms. The minimum absolute atomic E-state index is 0.0329. The van der Waals surface area contributed by atoms with Crippen molar-refractivity contribution in [3.8, 4) is 0 Å². The molecule has 1 saturated heterocycles. The van der Waals surface area contributed by atoms with Crippen molar-refractivity contribution in [3.63, 3.8) is 0 Å². The highest BCUT2D eigenvalue weighted by Gasteiger charge is 2.33. The van der Waals surface area contributed by atoms with Crippen molar-refractivity contribution in [1.82, 2.24) is 15.0 Å². The molecule has 2 aromatic heterocycles. The zero-order valence-electron chi connectivity index (χ0n) is 12.3. The van der Waals surface area contributed by atoms with Crippen LogP contribution in [-0.2, 0) is 6.42 Å². The normalized spacial score (nSPS) is 19.0. The number of amides is 1. The number of aromatic nitrogens is 2. The van der Waals surface area contributed by atoms with Crippen LogP contribution in [0.15, 0.2) is 16.1 Å². The molecule has 0 saturated carbocycles. The monoisotopic (exact) mass is 305 g/mol. The summed E-state index contributed by atoms with van der Waals surface area (Å²) in [6.45, 7) is 4.57. The average molecular weight is 305 g/mol. The molecule has 2 aromatic rings. The molecule has 5 nitrogen and oxygen atoms in total. The van der Waals surface area contributed by atoms with Gasteiger partial charge in [-0.05, 0) is 32.6 Å². The highest BCUT2D eigenvalue weighted by molar-refractivity contribution is 7.09. The fourth-order valence-electron chi connectivity index (χ4n) is 2.91. The van der Waals surface area contributed by atoms with E-state index in [1.807, 2.05) is 24.1 Å². The Kier molecular flexibility index (Phi) is 4.05. The molecule has 1 amide bonds. The van der Waals surface area contributed by atoms with E-state index < -0.39 is 0 Å². The predicted octanol–water partition coefficient (Wildman–Crippen LogP) is 3.37. The van der Waals surface area contributed by atoms with Crippen LogP contribution in [0.4, 0.5) is 0 Å². The minimum Gasteiger partial charge on any atom is -0.361 e. The third-order valence-corrected chi connectivity index (χ3v) is 4.86. The van der Waals surface area contributed by atoms with E-state index in [2.05, 4.69) is 10.1 Å². The lowest BCUT2D eigenvalue weighted by Crippen LogP contribution is -2.39. The predicted molar refractivity (Wildman–Crippen MR) is 80.4 cm³/mol. The maximum atomic E-state index is 13.0. The molecule has 3 heterocycles. The number of carbonyl (C=O) groups excluding carboxylic acids is 1. The van der Waals surface area contributed by atoms with Crippen LogP contribution in [-0.4, -0.2) is 27.5 Å². The Morgan fingerprint density at radius 1 is 1.52 bits per heavy atom. The second-order valence-corrected chi connectivity index (χ2v) is 6.22. The first-order valence-corrected chi connectivity index (χ1v) is 8.25. The Morgan fingerprint density at radius 2 is 2.38 bits per heavy atom. The zero-order chi connectivity index (χ0) is 14.8. The van der Waals surface area contributed by atoms with Gasteiger partial charge in [0, 0.05) is 18.1 Å². The molecule has 21 heavy (non-hydrogen) atoms. The lowest BCUT2D eigenvalue weighted by atomic mass is 10.0. The van der Waals surface area contributed by atoms with Crippen LogP contribution in [0.5, 0.6) is 0 Å². The molecule has 3 rings (SSSR count). The van der Waals surface area contributed by atoms with Gasteiger partial charge in [0.2, 0.25) is 0 Å². The second-order valence-electron chi connectivity index (χ2n) is 5.29. The lowest BCUT2D eigenvalue weighted by Gasteiger charge is -2.34. The molecule has 0 aliphatic carbocycles. The Morgan fingerprint density at radius 3 is 3.10 bits per heavy atom. The smallest absolute Gasteiger partial charge is 0.259 e. The molecule has 0 radical (unpaired) electrons. The molecule has 0 aromatic carbocycles. The van der Waals surface area contributed by atoms with Gasteiger partial charge in [0.25, 0.3) is 5.91 Å². The van der Waals surface area contributed by atoms with Crippen molar-refractivity contribution in [2.24, 2.45) is 0 Å². The molecule has 0 unspecified atom stereocenters. The largest absolute Gasteiger partial charge is 0.361 e. The van der Waals surface area contributed by atoms with Crippen LogP contribution >= 0.6 is 11.3 Å². The van der Waals surface area contributed by atoms with Gasteiger partial charge in [-0.1, -0.05) is 12.1 Å². The highest BCUT2D eigenvalue weighted by atomic mass is 32.1. The van der Waals surface area contributed by atoms with Gasteiger partial charge in [0.15, 0.2) is 0 Å². The Labute approximate surface area is 128 Å². The first kappa shape index (κ1) is 14.3. The van der Waals surface area contributed by atoms with E-state index in [0.717, 1.165) is 36.5 Å². The van der Waals surface area contributed by atoms with Gasteiger partial charge in [-0.3, -0.25) is 4.79 Å². The second kappa shape index (κ2) is 5.97. The van der Waals surface area contributed by atoms with E-state index in [-0.39, 0.29) is 11.9 Å². The molecular weight excluding hydrogens is 286 g/mol. The first-order chi connectivity index (χ1) is 10.2. The molecule has 0 N–H and O–H groups in total. The first-order valence-electron chi connectivity index (χ1n) is 7.38. The molecular formula is C15H19N3O2S. The number of likely N-dealkylation sites (tertiary alicyclic amines) is 1. The quantitative estimate of drug-likeness (QED) is 0.872.